The van der Waals surface area contributed by atoms with Crippen molar-refractivity contribution in [1.82, 2.24) is 9.55 Å². The summed E-state index contributed by atoms with van der Waals surface area (Å²) in [6.07, 6.45) is 1.98. The quantitative estimate of drug-likeness (QED) is 0.649. The van der Waals surface area contributed by atoms with Crippen molar-refractivity contribution in [1.29, 1.82) is 0 Å². The fourth-order valence-corrected chi connectivity index (χ4v) is 2.25. The molecule has 1 aromatic heterocycles. The van der Waals surface area contributed by atoms with E-state index in [9.17, 15) is 9.59 Å². The SMILES string of the molecule is COCCn1c(N)c(NC(C)CSC)c(=O)[nH]c1=O. The van der Waals surface area contributed by atoms with Gasteiger partial charge in [-0.2, -0.15) is 11.8 Å². The van der Waals surface area contributed by atoms with Gasteiger partial charge in [-0.25, -0.2) is 4.79 Å². The van der Waals surface area contributed by atoms with Crippen LogP contribution < -0.4 is 22.3 Å². The molecule has 19 heavy (non-hydrogen) atoms. The first-order valence-corrected chi connectivity index (χ1v) is 7.27. The minimum absolute atomic E-state index is 0.0757. The van der Waals surface area contributed by atoms with E-state index in [1.165, 1.54) is 11.7 Å². The molecular formula is C11H20N4O3S. The molecule has 0 aliphatic rings. The van der Waals surface area contributed by atoms with Crippen molar-refractivity contribution >= 4 is 23.3 Å². The van der Waals surface area contributed by atoms with Crippen LogP contribution >= 0.6 is 11.8 Å². The van der Waals surface area contributed by atoms with Crippen LogP contribution in [0.3, 0.4) is 0 Å². The monoisotopic (exact) mass is 288 g/mol. The van der Waals surface area contributed by atoms with Crippen molar-refractivity contribution in [2.45, 2.75) is 19.5 Å². The standard InChI is InChI=1S/C11H20N4O3S/c1-7(6-19-3)13-8-9(12)15(4-5-18-2)11(17)14-10(8)16/h7,13H,4-6,12H2,1-3H3,(H,14,16,17). The Kier molecular flexibility index (Phi) is 5.97. The normalized spacial score (nSPS) is 12.4. The second-order valence-corrected chi connectivity index (χ2v) is 5.08. The summed E-state index contributed by atoms with van der Waals surface area (Å²) in [6, 6.07) is 0.0757. The van der Waals surface area contributed by atoms with Gasteiger partial charge in [-0.05, 0) is 13.2 Å². The summed E-state index contributed by atoms with van der Waals surface area (Å²) in [5.41, 5.74) is 5.10. The zero-order chi connectivity index (χ0) is 14.4. The lowest BCUT2D eigenvalue weighted by Crippen LogP contribution is -2.36. The molecule has 0 saturated carbocycles. The second kappa shape index (κ2) is 7.25. The number of nitrogens with zero attached hydrogens (tertiary/aromatic N) is 1. The topological polar surface area (TPSA) is 102 Å². The van der Waals surface area contributed by atoms with Crippen molar-refractivity contribution < 1.29 is 4.74 Å². The average Bonchev–Trinajstić information content (AvgIpc) is 2.34. The molecular weight excluding hydrogens is 268 g/mol. The molecule has 108 valence electrons. The van der Waals surface area contributed by atoms with Crippen molar-refractivity contribution in [2.75, 3.05) is 36.8 Å². The number of nitrogens with one attached hydrogen (secondary N) is 2. The van der Waals surface area contributed by atoms with Crippen LogP contribution in [0.2, 0.25) is 0 Å². The minimum atomic E-state index is -0.525. The Morgan fingerprint density at radius 2 is 2.21 bits per heavy atom. The predicted molar refractivity (Wildman–Crippen MR) is 79.1 cm³/mol. The molecule has 0 fully saturated rings. The lowest BCUT2D eigenvalue weighted by molar-refractivity contribution is 0.186. The van der Waals surface area contributed by atoms with Crippen molar-refractivity contribution in [2.24, 2.45) is 0 Å². The summed E-state index contributed by atoms with van der Waals surface area (Å²) in [6.45, 7) is 2.58. The molecule has 0 radical (unpaired) electrons. The number of methoxy groups -OCH3 is 1. The van der Waals surface area contributed by atoms with Gasteiger partial charge < -0.3 is 15.8 Å². The van der Waals surface area contributed by atoms with E-state index < -0.39 is 11.2 Å². The third kappa shape index (κ3) is 4.03. The summed E-state index contributed by atoms with van der Waals surface area (Å²) in [4.78, 5) is 25.7. The Balaban J connectivity index is 3.10. The van der Waals surface area contributed by atoms with Gasteiger partial charge in [0.1, 0.15) is 11.5 Å². The third-order valence-electron chi connectivity index (χ3n) is 2.57. The zero-order valence-electron chi connectivity index (χ0n) is 11.4. The molecule has 1 unspecified atom stereocenters. The number of hydrogen-bond donors (Lipinski definition) is 3. The van der Waals surface area contributed by atoms with Crippen molar-refractivity contribution in [3.63, 3.8) is 0 Å². The van der Waals surface area contributed by atoms with E-state index in [0.29, 0.717) is 13.2 Å². The van der Waals surface area contributed by atoms with Gasteiger partial charge in [-0.15, -0.1) is 0 Å². The van der Waals surface area contributed by atoms with Crippen LogP contribution in [-0.4, -0.2) is 41.3 Å². The number of aromatic amines is 1. The first-order valence-electron chi connectivity index (χ1n) is 5.88. The highest BCUT2D eigenvalue weighted by Crippen LogP contribution is 2.12. The lowest BCUT2D eigenvalue weighted by atomic mass is 10.3. The van der Waals surface area contributed by atoms with Gasteiger partial charge in [0.05, 0.1) is 13.2 Å². The van der Waals surface area contributed by atoms with E-state index in [-0.39, 0.29) is 17.5 Å². The van der Waals surface area contributed by atoms with E-state index in [0.717, 1.165) is 5.75 Å². The molecule has 1 heterocycles. The minimum Gasteiger partial charge on any atom is -0.383 e. The zero-order valence-corrected chi connectivity index (χ0v) is 12.2. The number of ether oxygens (including phenoxy) is 1. The van der Waals surface area contributed by atoms with Crippen LogP contribution in [0, 0.1) is 0 Å². The maximum Gasteiger partial charge on any atom is 0.330 e. The Bertz CT molecular complexity index is 526. The molecule has 1 atom stereocenters. The maximum atomic E-state index is 11.8. The lowest BCUT2D eigenvalue weighted by Gasteiger charge is -2.17. The summed E-state index contributed by atoms with van der Waals surface area (Å²) < 4.78 is 6.21. The fourth-order valence-electron chi connectivity index (χ4n) is 1.67. The van der Waals surface area contributed by atoms with Crippen molar-refractivity contribution in [3.05, 3.63) is 20.8 Å². The molecule has 0 aliphatic carbocycles. The van der Waals surface area contributed by atoms with Crippen LogP contribution in [0.4, 0.5) is 11.5 Å². The number of H-pyrrole nitrogens is 1. The third-order valence-corrected chi connectivity index (χ3v) is 3.40. The number of nitrogens with two attached hydrogens (primary N) is 1. The van der Waals surface area contributed by atoms with Crippen LogP contribution in [0.25, 0.3) is 0 Å². The van der Waals surface area contributed by atoms with Crippen LogP contribution in [-0.2, 0) is 11.3 Å². The first kappa shape index (κ1) is 15.6. The second-order valence-electron chi connectivity index (χ2n) is 4.16. The molecule has 0 bridgehead atoms. The van der Waals surface area contributed by atoms with Gasteiger partial charge in [0, 0.05) is 18.9 Å². The van der Waals surface area contributed by atoms with Crippen LogP contribution in [0.5, 0.6) is 0 Å². The summed E-state index contributed by atoms with van der Waals surface area (Å²) >= 11 is 1.66. The van der Waals surface area contributed by atoms with Gasteiger partial charge in [-0.1, -0.05) is 0 Å². The van der Waals surface area contributed by atoms with Gasteiger partial charge in [0.25, 0.3) is 5.56 Å². The van der Waals surface area contributed by atoms with Gasteiger partial charge in [0.15, 0.2) is 0 Å². The number of anilines is 2. The van der Waals surface area contributed by atoms with E-state index in [1.54, 1.807) is 11.8 Å². The summed E-state index contributed by atoms with van der Waals surface area (Å²) in [5, 5.41) is 3.03. The van der Waals surface area contributed by atoms with Crippen LogP contribution in [0.1, 0.15) is 6.92 Å². The fraction of sp³-hybridized carbons (Fsp3) is 0.636. The first-order chi connectivity index (χ1) is 9.01. The van der Waals surface area contributed by atoms with Gasteiger partial charge in [0.2, 0.25) is 0 Å². The highest BCUT2D eigenvalue weighted by atomic mass is 32.2. The molecule has 1 rings (SSSR count). The van der Waals surface area contributed by atoms with E-state index in [4.69, 9.17) is 10.5 Å². The highest BCUT2D eigenvalue weighted by molar-refractivity contribution is 7.98. The molecule has 1 aromatic rings. The Hall–Kier alpha value is -1.41. The van der Waals surface area contributed by atoms with E-state index in [1.807, 2.05) is 13.2 Å². The molecule has 7 nitrogen and oxygen atoms in total. The van der Waals surface area contributed by atoms with Gasteiger partial charge in [-0.3, -0.25) is 14.3 Å². The molecule has 0 aromatic carbocycles. The van der Waals surface area contributed by atoms with Gasteiger partial charge >= 0.3 is 5.69 Å². The molecule has 0 amide bonds. The van der Waals surface area contributed by atoms with Crippen LogP contribution in [0.15, 0.2) is 9.59 Å². The molecule has 0 spiro atoms. The van der Waals surface area contributed by atoms with E-state index in [2.05, 4.69) is 10.3 Å². The molecule has 8 heteroatoms. The highest BCUT2D eigenvalue weighted by Gasteiger charge is 2.13. The number of nitrogen functional groups attached to an aromatic ring is 1. The average molecular weight is 288 g/mol. The molecule has 4 N–H and O–H groups in total. The number of thioether (sulfide) groups is 1. The molecule has 0 saturated heterocycles. The Morgan fingerprint density at radius 3 is 2.79 bits per heavy atom. The Morgan fingerprint density at radius 1 is 1.53 bits per heavy atom. The maximum absolute atomic E-state index is 11.8. The Labute approximate surface area is 115 Å². The smallest absolute Gasteiger partial charge is 0.330 e. The number of hydrogen-bond acceptors (Lipinski definition) is 6. The summed E-state index contributed by atoms with van der Waals surface area (Å²) in [5.74, 6) is 0.967. The summed E-state index contributed by atoms with van der Waals surface area (Å²) in [7, 11) is 1.53. The van der Waals surface area contributed by atoms with Crippen molar-refractivity contribution in [3.8, 4) is 0 Å². The number of rotatable bonds is 7. The predicted octanol–water partition coefficient (Wildman–Crippen LogP) is -0.0714. The number of aromatic nitrogens is 2. The molecule has 0 aliphatic heterocycles. The van der Waals surface area contributed by atoms with E-state index >= 15 is 0 Å². The largest absolute Gasteiger partial charge is 0.383 e.